The van der Waals surface area contributed by atoms with Crippen LogP contribution in [0.3, 0.4) is 0 Å². The molecule has 20 heavy (non-hydrogen) atoms. The molecule has 0 saturated heterocycles. The molecule has 0 bridgehead atoms. The summed E-state index contributed by atoms with van der Waals surface area (Å²) in [4.78, 5) is -0.327. The third-order valence-corrected chi connectivity index (χ3v) is 4.25. The van der Waals surface area contributed by atoms with Gasteiger partial charge in [0.15, 0.2) is 0 Å². The van der Waals surface area contributed by atoms with Crippen molar-refractivity contribution in [2.45, 2.75) is 18.7 Å². The molecule has 0 aromatic heterocycles. The van der Waals surface area contributed by atoms with E-state index in [0.717, 1.165) is 5.56 Å². The Hall–Kier alpha value is -1.42. The molecule has 0 heterocycles. The predicted octanol–water partition coefficient (Wildman–Crippen LogP) is 5.07. The normalized spacial score (nSPS) is 12.3. The standard InChI is InChI=1S/C16H15BrF2O/c1-9-6-11(7-10(2)16(9)19)15(17)13-5-4-12(20-3)8-14(13)18/h4-8,15H,1-3H3. The van der Waals surface area contributed by atoms with Gasteiger partial charge in [-0.25, -0.2) is 8.78 Å². The van der Waals surface area contributed by atoms with Gasteiger partial charge in [0.2, 0.25) is 0 Å². The Bertz CT molecular complexity index is 617. The van der Waals surface area contributed by atoms with E-state index >= 15 is 0 Å². The van der Waals surface area contributed by atoms with Gasteiger partial charge in [-0.05, 0) is 36.6 Å². The number of hydrogen-bond donors (Lipinski definition) is 0. The first-order valence-corrected chi connectivity index (χ1v) is 7.09. The molecule has 2 aromatic carbocycles. The first kappa shape index (κ1) is 15.0. The van der Waals surface area contributed by atoms with Crippen molar-refractivity contribution in [2.75, 3.05) is 7.11 Å². The Balaban J connectivity index is 2.43. The second-order valence-electron chi connectivity index (χ2n) is 4.72. The van der Waals surface area contributed by atoms with Crippen LogP contribution in [0.25, 0.3) is 0 Å². The van der Waals surface area contributed by atoms with E-state index < -0.39 is 0 Å². The molecule has 106 valence electrons. The fourth-order valence-electron chi connectivity index (χ4n) is 2.15. The highest BCUT2D eigenvalue weighted by Crippen LogP contribution is 2.35. The van der Waals surface area contributed by atoms with Crippen LogP contribution in [-0.4, -0.2) is 7.11 Å². The zero-order chi connectivity index (χ0) is 14.9. The van der Waals surface area contributed by atoms with Crippen molar-refractivity contribution in [3.8, 4) is 5.75 Å². The number of methoxy groups -OCH3 is 1. The summed E-state index contributed by atoms with van der Waals surface area (Å²) < 4.78 is 32.7. The Kier molecular flexibility index (Phi) is 4.43. The summed E-state index contributed by atoms with van der Waals surface area (Å²) in [7, 11) is 1.49. The summed E-state index contributed by atoms with van der Waals surface area (Å²) >= 11 is 3.48. The number of aryl methyl sites for hydroxylation is 2. The van der Waals surface area contributed by atoms with Crippen molar-refractivity contribution in [3.05, 3.63) is 64.2 Å². The van der Waals surface area contributed by atoms with E-state index in [4.69, 9.17) is 4.74 Å². The predicted molar refractivity (Wildman–Crippen MR) is 79.6 cm³/mol. The number of alkyl halides is 1. The lowest BCUT2D eigenvalue weighted by molar-refractivity contribution is 0.411. The number of halogens is 3. The SMILES string of the molecule is COc1ccc(C(Br)c2cc(C)c(F)c(C)c2)c(F)c1. The zero-order valence-electron chi connectivity index (χ0n) is 11.5. The van der Waals surface area contributed by atoms with Crippen LogP contribution in [0.5, 0.6) is 5.75 Å². The van der Waals surface area contributed by atoms with Crippen molar-refractivity contribution >= 4 is 15.9 Å². The molecule has 1 atom stereocenters. The van der Waals surface area contributed by atoms with E-state index in [9.17, 15) is 8.78 Å². The van der Waals surface area contributed by atoms with Crippen molar-refractivity contribution in [3.63, 3.8) is 0 Å². The van der Waals surface area contributed by atoms with Crippen molar-refractivity contribution in [1.29, 1.82) is 0 Å². The molecule has 1 unspecified atom stereocenters. The summed E-state index contributed by atoms with van der Waals surface area (Å²) in [6.45, 7) is 3.41. The Morgan fingerprint density at radius 3 is 2.15 bits per heavy atom. The van der Waals surface area contributed by atoms with Crippen LogP contribution >= 0.6 is 15.9 Å². The smallest absolute Gasteiger partial charge is 0.131 e. The van der Waals surface area contributed by atoms with E-state index in [1.54, 1.807) is 38.1 Å². The van der Waals surface area contributed by atoms with Gasteiger partial charge in [0, 0.05) is 11.6 Å². The van der Waals surface area contributed by atoms with Gasteiger partial charge in [0.1, 0.15) is 17.4 Å². The van der Waals surface area contributed by atoms with E-state index in [0.29, 0.717) is 22.4 Å². The van der Waals surface area contributed by atoms with Crippen LogP contribution in [0.2, 0.25) is 0 Å². The Morgan fingerprint density at radius 2 is 1.65 bits per heavy atom. The average Bonchev–Trinajstić information content (AvgIpc) is 2.43. The molecule has 0 aliphatic rings. The molecule has 0 radical (unpaired) electrons. The van der Waals surface area contributed by atoms with Gasteiger partial charge >= 0.3 is 0 Å². The minimum Gasteiger partial charge on any atom is -0.497 e. The van der Waals surface area contributed by atoms with E-state index in [1.807, 2.05) is 0 Å². The summed E-state index contributed by atoms with van der Waals surface area (Å²) in [6.07, 6.45) is 0. The summed E-state index contributed by atoms with van der Waals surface area (Å²) in [5.74, 6) is -0.105. The monoisotopic (exact) mass is 340 g/mol. The molecule has 0 aliphatic heterocycles. The fraction of sp³-hybridized carbons (Fsp3) is 0.250. The lowest BCUT2D eigenvalue weighted by atomic mass is 9.99. The van der Waals surface area contributed by atoms with Crippen LogP contribution in [0, 0.1) is 25.5 Å². The highest BCUT2D eigenvalue weighted by atomic mass is 79.9. The Morgan fingerprint density at radius 1 is 1.05 bits per heavy atom. The molecule has 1 nitrogen and oxygen atoms in total. The van der Waals surface area contributed by atoms with Crippen molar-refractivity contribution < 1.29 is 13.5 Å². The van der Waals surface area contributed by atoms with Gasteiger partial charge in [0.25, 0.3) is 0 Å². The highest BCUT2D eigenvalue weighted by Gasteiger charge is 2.17. The minimum absolute atomic E-state index is 0.219. The van der Waals surface area contributed by atoms with E-state index in [-0.39, 0.29) is 16.5 Å². The van der Waals surface area contributed by atoms with Gasteiger partial charge in [-0.3, -0.25) is 0 Å². The topological polar surface area (TPSA) is 9.23 Å². The van der Waals surface area contributed by atoms with Crippen LogP contribution in [-0.2, 0) is 0 Å². The molecular formula is C16H15BrF2O. The largest absolute Gasteiger partial charge is 0.497 e. The molecule has 4 heteroatoms. The first-order chi connectivity index (χ1) is 9.43. The van der Waals surface area contributed by atoms with Crippen LogP contribution in [0.4, 0.5) is 8.78 Å². The molecule has 0 N–H and O–H groups in total. The molecule has 0 saturated carbocycles. The van der Waals surface area contributed by atoms with Crippen molar-refractivity contribution in [2.24, 2.45) is 0 Å². The third-order valence-electron chi connectivity index (χ3n) is 3.23. The lowest BCUT2D eigenvalue weighted by Crippen LogP contribution is -2.00. The van der Waals surface area contributed by atoms with E-state index in [1.165, 1.54) is 13.2 Å². The van der Waals surface area contributed by atoms with Gasteiger partial charge < -0.3 is 4.74 Å². The van der Waals surface area contributed by atoms with Crippen LogP contribution < -0.4 is 4.74 Å². The summed E-state index contributed by atoms with van der Waals surface area (Å²) in [5, 5.41) is 0. The maximum absolute atomic E-state index is 14.1. The molecule has 0 spiro atoms. The lowest BCUT2D eigenvalue weighted by Gasteiger charge is -2.15. The quantitative estimate of drug-likeness (QED) is 0.708. The molecule has 0 amide bonds. The van der Waals surface area contributed by atoms with Crippen LogP contribution in [0.1, 0.15) is 27.1 Å². The van der Waals surface area contributed by atoms with Gasteiger partial charge in [-0.1, -0.05) is 34.1 Å². The number of ether oxygens (including phenoxy) is 1. The number of rotatable bonds is 3. The van der Waals surface area contributed by atoms with Crippen LogP contribution in [0.15, 0.2) is 30.3 Å². The zero-order valence-corrected chi connectivity index (χ0v) is 13.1. The molecule has 2 aromatic rings. The minimum atomic E-state index is -0.356. The second kappa shape index (κ2) is 5.92. The van der Waals surface area contributed by atoms with Gasteiger partial charge in [-0.2, -0.15) is 0 Å². The summed E-state index contributed by atoms with van der Waals surface area (Å²) in [5.41, 5.74) is 2.43. The first-order valence-electron chi connectivity index (χ1n) is 6.18. The van der Waals surface area contributed by atoms with Crippen molar-refractivity contribution in [1.82, 2.24) is 0 Å². The molecule has 0 fully saturated rings. The average molecular weight is 341 g/mol. The maximum Gasteiger partial charge on any atom is 0.131 e. The fourth-order valence-corrected chi connectivity index (χ4v) is 2.78. The van der Waals surface area contributed by atoms with Gasteiger partial charge in [0.05, 0.1) is 11.9 Å². The molecule has 2 rings (SSSR count). The van der Waals surface area contributed by atoms with E-state index in [2.05, 4.69) is 15.9 Å². The molecule has 0 aliphatic carbocycles. The summed E-state index contributed by atoms with van der Waals surface area (Å²) in [6, 6.07) is 8.17. The third kappa shape index (κ3) is 2.85. The second-order valence-corrected chi connectivity index (χ2v) is 5.63. The number of hydrogen-bond acceptors (Lipinski definition) is 1. The Labute approximate surface area is 125 Å². The number of benzene rings is 2. The highest BCUT2D eigenvalue weighted by molar-refractivity contribution is 9.09. The molecular weight excluding hydrogens is 326 g/mol. The maximum atomic E-state index is 14.1. The van der Waals surface area contributed by atoms with Gasteiger partial charge in [-0.15, -0.1) is 0 Å².